The Kier molecular flexibility index (Phi) is 13.7. The molecule has 47 heavy (non-hydrogen) atoms. The predicted molar refractivity (Wildman–Crippen MR) is 164 cm³/mol. The smallest absolute Gasteiger partial charge is 0.273 e. The van der Waals surface area contributed by atoms with E-state index in [4.69, 9.17) is 0 Å². The molecule has 0 saturated carbocycles. The average molecular weight is 755 g/mol. The number of fused-ring (bicyclic) bond motifs is 3. The van der Waals surface area contributed by atoms with Gasteiger partial charge in [0.2, 0.25) is 7.28 Å². The fourth-order valence-electron chi connectivity index (χ4n) is 4.86. The molecule has 241 valence electrons. The summed E-state index contributed by atoms with van der Waals surface area (Å²) in [4.78, 5) is 0. The summed E-state index contributed by atoms with van der Waals surface area (Å²) in [5, 5.41) is 7.44. The van der Waals surface area contributed by atoms with Crippen LogP contribution >= 0.6 is 7.92 Å². The molecule has 0 bridgehead atoms. The summed E-state index contributed by atoms with van der Waals surface area (Å²) < 4.78 is 131. The zero-order chi connectivity index (χ0) is 33.7. The maximum absolute atomic E-state index is 13.4. The predicted octanol–water partition coefficient (Wildman–Crippen LogP) is 8.89. The summed E-state index contributed by atoms with van der Waals surface area (Å²) in [5.41, 5.74) is -3.71. The molecule has 5 aromatic carbocycles. The van der Waals surface area contributed by atoms with Crippen molar-refractivity contribution in [2.45, 2.75) is 20.3 Å². The number of halogens is 10. The van der Waals surface area contributed by atoms with Crippen molar-refractivity contribution in [1.29, 1.82) is 0 Å². The topological polar surface area (TPSA) is 0 Å². The molecule has 13 heteroatoms. The van der Waals surface area contributed by atoms with Crippen molar-refractivity contribution in [3.63, 3.8) is 0 Å². The monoisotopic (exact) mass is 753 g/mol. The Morgan fingerprint density at radius 3 is 1.26 bits per heavy atom. The standard InChI is InChI=1S/C17H18P.C12BF10.C5H5.Zr/c1-3-18(4-2)17-15-11-7-5-9-13(15)14-10-6-8-12-16(14)17;14-3-1(4(15)8(19)11(22)7(3)18)13-2-5(16)9(20)12(23)10(21)6(2)17;1-2-4-5-3-1;/h5-12H,3-4H2,1-2H3;;1-3H,4H2;/q-1;;-1;+2. The fourth-order valence-corrected chi connectivity index (χ4v) is 7.01. The van der Waals surface area contributed by atoms with Crippen LogP contribution in [-0.4, -0.2) is 19.6 Å². The number of hydrogen-bond donors (Lipinski definition) is 0. The van der Waals surface area contributed by atoms with Gasteiger partial charge < -0.3 is 0 Å². The minimum atomic E-state index is -2.55. The summed E-state index contributed by atoms with van der Waals surface area (Å²) in [6.07, 6.45) is 12.6. The van der Waals surface area contributed by atoms with E-state index in [1.165, 1.54) is 33.9 Å². The summed E-state index contributed by atoms with van der Waals surface area (Å²) in [6, 6.07) is 17.8. The second-order valence-corrected chi connectivity index (χ2v) is 12.5. The largest absolute Gasteiger partial charge is 2.00 e. The van der Waals surface area contributed by atoms with Crippen molar-refractivity contribution in [2.24, 2.45) is 0 Å². The third-order valence-electron chi connectivity index (χ3n) is 7.10. The molecule has 1 radical (unpaired) electrons. The Hall–Kier alpha value is -3.09. The second kappa shape index (κ2) is 16.8. The molecule has 0 amide bonds. The fraction of sp³-hybridized carbons (Fsp3) is 0.147. The molecule has 0 nitrogen and oxygen atoms in total. The van der Waals surface area contributed by atoms with Gasteiger partial charge in [0, 0.05) is 0 Å². The maximum Gasteiger partial charge on any atom is 2.00 e. The van der Waals surface area contributed by atoms with Crippen LogP contribution in [0.3, 0.4) is 0 Å². The molecule has 1 aliphatic rings. The van der Waals surface area contributed by atoms with E-state index in [1.807, 2.05) is 12.2 Å². The normalized spacial score (nSPS) is 11.8. The second-order valence-electron chi connectivity index (χ2n) is 9.73. The number of rotatable bonds is 5. The van der Waals surface area contributed by atoms with Crippen LogP contribution in [0.4, 0.5) is 43.9 Å². The number of allylic oxidation sites excluding steroid dienone is 4. The van der Waals surface area contributed by atoms with Gasteiger partial charge in [0.1, 0.15) is 0 Å². The molecule has 0 aliphatic heterocycles. The molecule has 0 unspecified atom stereocenters. The van der Waals surface area contributed by atoms with Crippen molar-refractivity contribution >= 4 is 53.0 Å². The molecule has 5 aromatic rings. The van der Waals surface area contributed by atoms with Crippen molar-refractivity contribution in [1.82, 2.24) is 0 Å². The third kappa shape index (κ3) is 7.81. The van der Waals surface area contributed by atoms with Crippen LogP contribution in [0, 0.1) is 64.2 Å². The Morgan fingerprint density at radius 2 is 0.957 bits per heavy atom. The molecule has 6 rings (SSSR count). The van der Waals surface area contributed by atoms with Crippen LogP contribution in [0.5, 0.6) is 0 Å². The molecular formula is C34H23BF10PZr. The maximum atomic E-state index is 13.4. The molecule has 0 N–H and O–H groups in total. The van der Waals surface area contributed by atoms with Gasteiger partial charge >= 0.3 is 26.2 Å². The molecule has 0 heterocycles. The molecule has 1 aliphatic carbocycles. The first kappa shape index (κ1) is 38.4. The molecule has 0 aromatic heterocycles. The Balaban J connectivity index is 0.000000222. The van der Waals surface area contributed by atoms with Gasteiger partial charge in [-0.3, -0.25) is 6.08 Å². The minimum Gasteiger partial charge on any atom is -0.273 e. The van der Waals surface area contributed by atoms with Crippen LogP contribution < -0.4 is 16.2 Å². The molecule has 0 saturated heterocycles. The van der Waals surface area contributed by atoms with E-state index in [-0.39, 0.29) is 41.4 Å². The van der Waals surface area contributed by atoms with E-state index in [0.29, 0.717) is 0 Å². The Bertz CT molecular complexity index is 1760. The van der Waals surface area contributed by atoms with Gasteiger partial charge in [0.25, 0.3) is 0 Å². The van der Waals surface area contributed by atoms with Gasteiger partial charge in [0.05, 0.1) is 0 Å². The third-order valence-corrected chi connectivity index (χ3v) is 9.74. The Labute approximate surface area is 285 Å². The van der Waals surface area contributed by atoms with Gasteiger partial charge in [-0.05, 0) is 23.2 Å². The first-order chi connectivity index (χ1) is 22.0. The summed E-state index contributed by atoms with van der Waals surface area (Å²) in [7, 11) is -0.382. The quantitative estimate of drug-likeness (QED) is 0.0420. The number of hydrogen-bond acceptors (Lipinski definition) is 0. The van der Waals surface area contributed by atoms with Gasteiger partial charge in [0.15, 0.2) is 58.2 Å². The minimum absolute atomic E-state index is 0. The summed E-state index contributed by atoms with van der Waals surface area (Å²) in [6.45, 7) is 4.65. The van der Waals surface area contributed by atoms with E-state index >= 15 is 0 Å². The summed E-state index contributed by atoms with van der Waals surface area (Å²) >= 11 is 0. The van der Waals surface area contributed by atoms with Crippen LogP contribution in [0.2, 0.25) is 0 Å². The Morgan fingerprint density at radius 1 is 0.596 bits per heavy atom. The first-order valence-electron chi connectivity index (χ1n) is 13.9. The van der Waals surface area contributed by atoms with Crippen LogP contribution in [0.1, 0.15) is 20.3 Å². The molecular weight excluding hydrogens is 731 g/mol. The van der Waals surface area contributed by atoms with E-state index in [9.17, 15) is 43.9 Å². The van der Waals surface area contributed by atoms with Gasteiger partial charge in [-0.15, -0.1) is 48.0 Å². The van der Waals surface area contributed by atoms with E-state index in [2.05, 4.69) is 74.5 Å². The van der Waals surface area contributed by atoms with Crippen molar-refractivity contribution in [3.05, 3.63) is 131 Å². The van der Waals surface area contributed by atoms with Crippen LogP contribution in [0.25, 0.3) is 21.5 Å². The average Bonchev–Trinajstić information content (AvgIpc) is 3.77. The first-order valence-corrected chi connectivity index (χ1v) is 15.6. The van der Waals surface area contributed by atoms with Gasteiger partial charge in [-0.2, -0.15) is 6.08 Å². The number of benzene rings is 4. The van der Waals surface area contributed by atoms with Gasteiger partial charge in [-0.1, -0.05) is 55.6 Å². The van der Waals surface area contributed by atoms with Crippen molar-refractivity contribution in [2.75, 3.05) is 12.3 Å². The van der Waals surface area contributed by atoms with Gasteiger partial charge in [-0.25, -0.2) is 56.1 Å². The van der Waals surface area contributed by atoms with Crippen LogP contribution in [-0.2, 0) is 26.2 Å². The van der Waals surface area contributed by atoms with E-state index < -0.39 is 69.1 Å². The molecule has 0 atom stereocenters. The van der Waals surface area contributed by atoms with E-state index in [1.54, 1.807) is 5.30 Å². The van der Waals surface area contributed by atoms with E-state index in [0.717, 1.165) is 6.42 Å². The molecule has 0 fully saturated rings. The zero-order valence-electron chi connectivity index (χ0n) is 24.8. The van der Waals surface area contributed by atoms with Crippen molar-refractivity contribution in [3.8, 4) is 0 Å². The van der Waals surface area contributed by atoms with Crippen molar-refractivity contribution < 1.29 is 70.1 Å². The molecule has 0 spiro atoms. The van der Waals surface area contributed by atoms with Crippen LogP contribution in [0.15, 0.2) is 66.8 Å². The summed E-state index contributed by atoms with van der Waals surface area (Å²) in [5.74, 6) is -24.9. The SMILES string of the molecule is CCP(CC)[c-]1c2ccccc2c2ccccc21.Fc1c(F)c(F)c([B]c2c(F)c(F)c(F)c(F)c2F)c(F)c1F.[C-]1=CC=CC1.[Zr+2]. The zero-order valence-corrected chi connectivity index (χ0v) is 28.1.